The molecule has 1 aliphatic rings. The molecular weight excluding hydrogens is 358 g/mol. The van der Waals surface area contributed by atoms with Gasteiger partial charge in [0.2, 0.25) is 11.8 Å². The summed E-state index contributed by atoms with van der Waals surface area (Å²) in [6.07, 6.45) is 3.99. The van der Waals surface area contributed by atoms with Crippen LogP contribution in [0.25, 0.3) is 0 Å². The Kier molecular flexibility index (Phi) is 8.67. The highest BCUT2D eigenvalue weighted by atomic mass is 16.6. The Morgan fingerprint density at radius 3 is 2.29 bits per heavy atom. The number of esters is 1. The molecule has 1 rings (SSSR count). The summed E-state index contributed by atoms with van der Waals surface area (Å²) in [5, 5.41) is 0. The second kappa shape index (κ2) is 10.0. The molecule has 0 unspecified atom stereocenters. The summed E-state index contributed by atoms with van der Waals surface area (Å²) in [4.78, 5) is 43.1. The Morgan fingerprint density at radius 1 is 1.18 bits per heavy atom. The summed E-state index contributed by atoms with van der Waals surface area (Å²) in [5.41, 5.74) is -0.608. The van der Waals surface area contributed by atoms with Gasteiger partial charge in [0.05, 0.1) is 5.92 Å². The quantitative estimate of drug-likeness (QED) is 0.485. The monoisotopic (exact) mass is 395 g/mol. The van der Waals surface area contributed by atoms with Gasteiger partial charge in [0.15, 0.2) is 0 Å². The molecule has 7 heteroatoms. The summed E-state index contributed by atoms with van der Waals surface area (Å²) in [6.45, 7) is 10.9. The molecule has 1 aliphatic heterocycles. The second-order valence-electron chi connectivity index (χ2n) is 9.11. The number of ether oxygens (including phenoxy) is 1. The van der Waals surface area contributed by atoms with Crippen LogP contribution in [-0.2, 0) is 19.1 Å². The van der Waals surface area contributed by atoms with Gasteiger partial charge in [-0.25, -0.2) is 4.79 Å². The van der Waals surface area contributed by atoms with Gasteiger partial charge in [-0.05, 0) is 47.2 Å². The van der Waals surface area contributed by atoms with Crippen molar-refractivity contribution in [1.29, 1.82) is 0 Å². The third-order valence-corrected chi connectivity index (χ3v) is 4.62. The molecule has 28 heavy (non-hydrogen) atoms. The molecular formula is C21H37N3O4. The molecule has 2 atom stereocenters. The van der Waals surface area contributed by atoms with Gasteiger partial charge in [0, 0.05) is 32.8 Å². The van der Waals surface area contributed by atoms with Crippen LogP contribution < -0.4 is 0 Å². The number of likely N-dealkylation sites (N-methyl/N-ethyl adjacent to an activating group) is 2. The molecule has 2 amide bonds. The first kappa shape index (κ1) is 24.1. The van der Waals surface area contributed by atoms with Crippen LogP contribution in [0.3, 0.4) is 0 Å². The van der Waals surface area contributed by atoms with E-state index < -0.39 is 17.6 Å². The first-order valence-electron chi connectivity index (χ1n) is 9.93. The molecule has 0 aromatic carbocycles. The molecule has 1 saturated heterocycles. The molecule has 0 radical (unpaired) electrons. The van der Waals surface area contributed by atoms with Crippen LogP contribution in [0.2, 0.25) is 0 Å². The Balaban J connectivity index is 2.75. The van der Waals surface area contributed by atoms with E-state index in [-0.39, 0.29) is 23.7 Å². The van der Waals surface area contributed by atoms with E-state index in [2.05, 4.69) is 0 Å². The highest BCUT2D eigenvalue weighted by Crippen LogP contribution is 2.23. The van der Waals surface area contributed by atoms with Gasteiger partial charge in [0.25, 0.3) is 0 Å². The van der Waals surface area contributed by atoms with Crippen molar-refractivity contribution >= 4 is 17.8 Å². The third kappa shape index (κ3) is 7.26. The van der Waals surface area contributed by atoms with Crippen LogP contribution in [0.5, 0.6) is 0 Å². The minimum Gasteiger partial charge on any atom is -0.458 e. The van der Waals surface area contributed by atoms with Gasteiger partial charge in [-0.3, -0.25) is 9.59 Å². The highest BCUT2D eigenvalue weighted by molar-refractivity contribution is 5.90. The fourth-order valence-electron chi connectivity index (χ4n) is 3.30. The fourth-order valence-corrected chi connectivity index (χ4v) is 3.30. The van der Waals surface area contributed by atoms with Gasteiger partial charge in [-0.2, -0.15) is 0 Å². The highest BCUT2D eigenvalue weighted by Gasteiger charge is 2.38. The molecule has 7 nitrogen and oxygen atoms in total. The zero-order valence-corrected chi connectivity index (χ0v) is 18.7. The third-order valence-electron chi connectivity index (χ3n) is 4.62. The van der Waals surface area contributed by atoms with Gasteiger partial charge < -0.3 is 19.4 Å². The Labute approximate surface area is 169 Å². The molecule has 0 N–H and O–H groups in total. The predicted molar refractivity (Wildman–Crippen MR) is 110 cm³/mol. The van der Waals surface area contributed by atoms with Crippen LogP contribution in [-0.4, -0.2) is 84.9 Å². The Bertz CT molecular complexity index is 593. The van der Waals surface area contributed by atoms with Gasteiger partial charge in [-0.1, -0.05) is 19.9 Å². The minimum atomic E-state index is -0.642. The van der Waals surface area contributed by atoms with E-state index in [1.165, 1.54) is 4.90 Å². The van der Waals surface area contributed by atoms with Crippen LogP contribution in [0.1, 0.15) is 41.0 Å². The van der Waals surface area contributed by atoms with Crippen molar-refractivity contribution in [3.8, 4) is 0 Å². The maximum atomic E-state index is 13.0. The molecule has 0 bridgehead atoms. The lowest BCUT2D eigenvalue weighted by Gasteiger charge is -2.33. The topological polar surface area (TPSA) is 70.2 Å². The minimum absolute atomic E-state index is 0.0723. The zero-order chi connectivity index (χ0) is 21.6. The molecule has 1 heterocycles. The maximum absolute atomic E-state index is 13.0. The van der Waals surface area contributed by atoms with Crippen molar-refractivity contribution in [3.05, 3.63) is 12.2 Å². The Morgan fingerprint density at radius 2 is 1.79 bits per heavy atom. The number of hydrogen-bond acceptors (Lipinski definition) is 5. The lowest BCUT2D eigenvalue weighted by Crippen LogP contribution is -2.50. The van der Waals surface area contributed by atoms with Gasteiger partial charge >= 0.3 is 5.97 Å². The first-order chi connectivity index (χ1) is 12.8. The molecule has 0 spiro atoms. The number of nitrogens with zero attached hydrogens (tertiary/aromatic N) is 3. The lowest BCUT2D eigenvalue weighted by molar-refractivity contribution is -0.166. The summed E-state index contributed by atoms with van der Waals surface area (Å²) < 4.78 is 5.51. The van der Waals surface area contributed by atoms with Crippen molar-refractivity contribution in [1.82, 2.24) is 14.7 Å². The van der Waals surface area contributed by atoms with Crippen LogP contribution in [0, 0.1) is 11.8 Å². The predicted octanol–water partition coefficient (Wildman–Crippen LogP) is 1.78. The van der Waals surface area contributed by atoms with E-state index in [1.807, 2.05) is 59.7 Å². The number of amides is 2. The number of carbonyl (C=O) groups is 3. The van der Waals surface area contributed by atoms with Crippen LogP contribution >= 0.6 is 0 Å². The summed E-state index contributed by atoms with van der Waals surface area (Å²) in [7, 11) is 5.52. The second-order valence-corrected chi connectivity index (χ2v) is 9.11. The maximum Gasteiger partial charge on any atom is 0.329 e. The SMILES string of the molecule is CC(C)[C@@H](C(=O)OC(C)(C)C)N(C)C(=O)[C@H]1CCN(C(=O)/C=C/CN(C)C)C1. The van der Waals surface area contributed by atoms with E-state index in [9.17, 15) is 14.4 Å². The van der Waals surface area contributed by atoms with Crippen molar-refractivity contribution in [2.24, 2.45) is 11.8 Å². The molecule has 0 aromatic rings. The van der Waals surface area contributed by atoms with Crippen LogP contribution in [0.15, 0.2) is 12.2 Å². The van der Waals surface area contributed by atoms with Crippen LogP contribution in [0.4, 0.5) is 0 Å². The number of hydrogen-bond donors (Lipinski definition) is 0. The van der Waals surface area contributed by atoms with Gasteiger partial charge in [0.1, 0.15) is 11.6 Å². The first-order valence-corrected chi connectivity index (χ1v) is 9.93. The summed E-state index contributed by atoms with van der Waals surface area (Å²) >= 11 is 0. The van der Waals surface area contributed by atoms with E-state index in [0.29, 0.717) is 26.1 Å². The van der Waals surface area contributed by atoms with E-state index >= 15 is 0 Å². The summed E-state index contributed by atoms with van der Waals surface area (Å²) in [6, 6.07) is -0.642. The van der Waals surface area contributed by atoms with Crippen molar-refractivity contribution in [2.75, 3.05) is 40.8 Å². The molecule has 1 fully saturated rings. The molecule has 160 valence electrons. The largest absolute Gasteiger partial charge is 0.458 e. The summed E-state index contributed by atoms with van der Waals surface area (Å²) in [5.74, 6) is -0.947. The van der Waals surface area contributed by atoms with Gasteiger partial charge in [-0.15, -0.1) is 0 Å². The average Bonchev–Trinajstić information content (AvgIpc) is 3.01. The number of likely N-dealkylation sites (tertiary alicyclic amines) is 1. The number of carbonyl (C=O) groups excluding carboxylic acids is 3. The van der Waals surface area contributed by atoms with Crippen molar-refractivity contribution < 1.29 is 19.1 Å². The standard InChI is InChI=1S/C21H37N3O4/c1-15(2)18(20(27)28-21(3,4)5)23(8)19(26)16-11-13-24(14-16)17(25)10-9-12-22(6)7/h9-10,15-16,18H,11-14H2,1-8H3/b10-9+/t16-,18-/m0/s1. The Hall–Kier alpha value is -1.89. The van der Waals surface area contributed by atoms with E-state index in [1.54, 1.807) is 18.0 Å². The zero-order valence-electron chi connectivity index (χ0n) is 18.7. The lowest BCUT2D eigenvalue weighted by atomic mass is 9.99. The molecule has 0 aromatic heterocycles. The number of rotatable bonds is 7. The normalized spacial score (nSPS) is 18.8. The molecule has 0 aliphatic carbocycles. The van der Waals surface area contributed by atoms with E-state index in [4.69, 9.17) is 4.74 Å². The fraction of sp³-hybridized carbons (Fsp3) is 0.762. The smallest absolute Gasteiger partial charge is 0.329 e. The van der Waals surface area contributed by atoms with E-state index in [0.717, 1.165) is 0 Å². The van der Waals surface area contributed by atoms with Crippen molar-refractivity contribution in [3.63, 3.8) is 0 Å². The average molecular weight is 396 g/mol. The molecule has 0 saturated carbocycles. The van der Waals surface area contributed by atoms with Crippen molar-refractivity contribution in [2.45, 2.75) is 52.7 Å².